The Morgan fingerprint density at radius 1 is 1.25 bits per heavy atom. The molecule has 1 aliphatic heterocycles. The van der Waals surface area contributed by atoms with Crippen molar-refractivity contribution in [2.75, 3.05) is 6.61 Å². The summed E-state index contributed by atoms with van der Waals surface area (Å²) < 4.78 is 0. The molecule has 1 rings (SSSR count). The summed E-state index contributed by atoms with van der Waals surface area (Å²) in [5.74, 6) is 0. The molecule has 72 valence electrons. The van der Waals surface area contributed by atoms with Crippen LogP contribution < -0.4 is 5.32 Å². The first-order valence-electron chi connectivity index (χ1n) is 4.88. The van der Waals surface area contributed by atoms with Crippen LogP contribution >= 0.6 is 0 Å². The fourth-order valence-electron chi connectivity index (χ4n) is 1.95. The summed E-state index contributed by atoms with van der Waals surface area (Å²) in [6.45, 7) is 7.09. The minimum atomic E-state index is 0.292. The molecule has 2 N–H and O–H groups in total. The predicted molar refractivity (Wildman–Crippen MR) is 51.1 cm³/mol. The highest BCUT2D eigenvalue weighted by molar-refractivity contribution is 4.85. The molecule has 0 spiro atoms. The van der Waals surface area contributed by atoms with E-state index in [0.29, 0.717) is 24.1 Å². The Hall–Kier alpha value is -0.0800. The van der Waals surface area contributed by atoms with Crippen molar-refractivity contribution in [2.24, 2.45) is 5.41 Å². The lowest BCUT2D eigenvalue weighted by Gasteiger charge is -2.23. The van der Waals surface area contributed by atoms with Crippen molar-refractivity contribution in [1.82, 2.24) is 5.32 Å². The van der Waals surface area contributed by atoms with E-state index in [1.165, 1.54) is 12.8 Å². The zero-order valence-corrected chi connectivity index (χ0v) is 8.43. The lowest BCUT2D eigenvalue weighted by Crippen LogP contribution is -2.34. The van der Waals surface area contributed by atoms with Crippen LogP contribution in [0.25, 0.3) is 0 Å². The fourth-order valence-corrected chi connectivity index (χ4v) is 1.95. The van der Waals surface area contributed by atoms with Gasteiger partial charge in [-0.15, -0.1) is 0 Å². The first-order chi connectivity index (χ1) is 5.51. The highest BCUT2D eigenvalue weighted by Gasteiger charge is 2.26. The van der Waals surface area contributed by atoms with Crippen LogP contribution in [-0.4, -0.2) is 23.8 Å². The molecule has 0 aliphatic carbocycles. The SMILES string of the molecule is CC(C)(C)CC1CCC(CO)N1. The number of aliphatic hydroxyl groups is 1. The van der Waals surface area contributed by atoms with E-state index in [9.17, 15) is 0 Å². The van der Waals surface area contributed by atoms with Crippen LogP contribution in [0.1, 0.15) is 40.0 Å². The van der Waals surface area contributed by atoms with Crippen LogP contribution in [0.5, 0.6) is 0 Å². The van der Waals surface area contributed by atoms with Gasteiger partial charge in [-0.1, -0.05) is 20.8 Å². The Morgan fingerprint density at radius 2 is 1.83 bits per heavy atom. The van der Waals surface area contributed by atoms with Gasteiger partial charge in [0.25, 0.3) is 0 Å². The maximum absolute atomic E-state index is 8.92. The van der Waals surface area contributed by atoms with Crippen LogP contribution in [0.2, 0.25) is 0 Å². The third-order valence-electron chi connectivity index (χ3n) is 2.41. The molecule has 2 atom stereocenters. The topological polar surface area (TPSA) is 32.3 Å². The Morgan fingerprint density at radius 3 is 2.25 bits per heavy atom. The van der Waals surface area contributed by atoms with Gasteiger partial charge < -0.3 is 10.4 Å². The Labute approximate surface area is 75.4 Å². The molecular formula is C10H21NO. The van der Waals surface area contributed by atoms with Crippen molar-refractivity contribution >= 4 is 0 Å². The first kappa shape index (κ1) is 10.0. The molecule has 2 unspecified atom stereocenters. The van der Waals surface area contributed by atoms with Gasteiger partial charge in [-0.2, -0.15) is 0 Å². The molecule has 0 bridgehead atoms. The quantitative estimate of drug-likeness (QED) is 0.660. The Kier molecular flexibility index (Phi) is 3.13. The number of nitrogens with one attached hydrogen (secondary N) is 1. The third kappa shape index (κ3) is 3.11. The largest absolute Gasteiger partial charge is 0.395 e. The third-order valence-corrected chi connectivity index (χ3v) is 2.41. The summed E-state index contributed by atoms with van der Waals surface area (Å²) in [6, 6.07) is 0.986. The molecule has 12 heavy (non-hydrogen) atoms. The van der Waals surface area contributed by atoms with E-state index in [1.807, 2.05) is 0 Å². The van der Waals surface area contributed by atoms with E-state index in [2.05, 4.69) is 26.1 Å². The number of rotatable bonds is 2. The Bertz CT molecular complexity index is 139. The van der Waals surface area contributed by atoms with E-state index in [0.717, 1.165) is 6.42 Å². The second kappa shape index (κ2) is 3.75. The standard InChI is InChI=1S/C10H21NO/c1-10(2,3)6-8-4-5-9(7-12)11-8/h8-9,11-12H,4-7H2,1-3H3. The molecule has 0 aromatic carbocycles. The number of hydrogen-bond acceptors (Lipinski definition) is 2. The van der Waals surface area contributed by atoms with Crippen molar-refractivity contribution in [2.45, 2.75) is 52.1 Å². The molecule has 0 radical (unpaired) electrons. The van der Waals surface area contributed by atoms with Gasteiger partial charge in [-0.05, 0) is 24.7 Å². The number of aliphatic hydroxyl groups excluding tert-OH is 1. The van der Waals surface area contributed by atoms with Gasteiger partial charge in [0.2, 0.25) is 0 Å². The van der Waals surface area contributed by atoms with Crippen LogP contribution in [0.15, 0.2) is 0 Å². The molecule has 2 nitrogen and oxygen atoms in total. The lowest BCUT2D eigenvalue weighted by molar-refractivity contribution is 0.244. The van der Waals surface area contributed by atoms with Crippen molar-refractivity contribution in [1.29, 1.82) is 0 Å². The molecule has 1 fully saturated rings. The van der Waals surface area contributed by atoms with E-state index >= 15 is 0 Å². The van der Waals surface area contributed by atoms with E-state index in [4.69, 9.17) is 5.11 Å². The number of hydrogen-bond donors (Lipinski definition) is 2. The molecule has 0 amide bonds. The highest BCUT2D eigenvalue weighted by Crippen LogP contribution is 2.26. The molecule has 0 aromatic heterocycles. The van der Waals surface area contributed by atoms with Gasteiger partial charge >= 0.3 is 0 Å². The van der Waals surface area contributed by atoms with Crippen molar-refractivity contribution in [3.05, 3.63) is 0 Å². The summed E-state index contributed by atoms with van der Waals surface area (Å²) in [4.78, 5) is 0. The van der Waals surface area contributed by atoms with Crippen LogP contribution in [0.4, 0.5) is 0 Å². The van der Waals surface area contributed by atoms with Crippen molar-refractivity contribution < 1.29 is 5.11 Å². The highest BCUT2D eigenvalue weighted by atomic mass is 16.3. The van der Waals surface area contributed by atoms with Crippen molar-refractivity contribution in [3.8, 4) is 0 Å². The first-order valence-corrected chi connectivity index (χ1v) is 4.88. The molecule has 0 saturated carbocycles. The molecule has 2 heteroatoms. The van der Waals surface area contributed by atoms with E-state index in [-0.39, 0.29) is 0 Å². The maximum Gasteiger partial charge on any atom is 0.0584 e. The van der Waals surface area contributed by atoms with E-state index < -0.39 is 0 Å². The van der Waals surface area contributed by atoms with Crippen LogP contribution in [-0.2, 0) is 0 Å². The Balaban J connectivity index is 2.28. The van der Waals surface area contributed by atoms with Crippen molar-refractivity contribution in [3.63, 3.8) is 0 Å². The molecular weight excluding hydrogens is 150 g/mol. The monoisotopic (exact) mass is 171 g/mol. The minimum Gasteiger partial charge on any atom is -0.395 e. The zero-order chi connectivity index (χ0) is 9.19. The second-order valence-corrected chi connectivity index (χ2v) is 5.09. The average Bonchev–Trinajstić information content (AvgIpc) is 2.32. The second-order valence-electron chi connectivity index (χ2n) is 5.09. The van der Waals surface area contributed by atoms with Gasteiger partial charge in [0.05, 0.1) is 6.61 Å². The summed E-state index contributed by atoms with van der Waals surface area (Å²) in [5, 5.41) is 12.4. The fraction of sp³-hybridized carbons (Fsp3) is 1.00. The summed E-state index contributed by atoms with van der Waals surface area (Å²) in [5.41, 5.74) is 0.405. The minimum absolute atomic E-state index is 0.292. The summed E-state index contributed by atoms with van der Waals surface area (Å²) in [7, 11) is 0. The normalized spacial score (nSPS) is 31.0. The smallest absolute Gasteiger partial charge is 0.0584 e. The van der Waals surface area contributed by atoms with E-state index in [1.54, 1.807) is 0 Å². The van der Waals surface area contributed by atoms with Gasteiger partial charge in [0.15, 0.2) is 0 Å². The molecule has 1 heterocycles. The van der Waals surface area contributed by atoms with Crippen LogP contribution in [0.3, 0.4) is 0 Å². The summed E-state index contributed by atoms with van der Waals surface area (Å²) in [6.07, 6.45) is 3.57. The molecule has 1 saturated heterocycles. The maximum atomic E-state index is 8.92. The molecule has 1 aliphatic rings. The van der Waals surface area contributed by atoms with Gasteiger partial charge in [0, 0.05) is 12.1 Å². The van der Waals surface area contributed by atoms with Crippen LogP contribution in [0, 0.1) is 5.41 Å². The zero-order valence-electron chi connectivity index (χ0n) is 8.43. The predicted octanol–water partition coefficient (Wildman–Crippen LogP) is 1.54. The average molecular weight is 171 g/mol. The van der Waals surface area contributed by atoms with Gasteiger partial charge in [-0.3, -0.25) is 0 Å². The van der Waals surface area contributed by atoms with Gasteiger partial charge in [0.1, 0.15) is 0 Å². The molecule has 0 aromatic rings. The van der Waals surface area contributed by atoms with Gasteiger partial charge in [-0.25, -0.2) is 0 Å². The lowest BCUT2D eigenvalue weighted by atomic mass is 9.88. The summed E-state index contributed by atoms with van der Waals surface area (Å²) >= 11 is 0.